The Bertz CT molecular complexity index is 853. The number of hydrogen-bond donors (Lipinski definition) is 1. The molecular formula is C29H45BrN2O6. The largest absolute Gasteiger partial charge is 0.465 e. The molecule has 1 N–H and O–H groups in total. The summed E-state index contributed by atoms with van der Waals surface area (Å²) in [5.74, 6) is -2.20. The van der Waals surface area contributed by atoms with Gasteiger partial charge in [0, 0.05) is 31.1 Å². The molecule has 2 bridgehead atoms. The van der Waals surface area contributed by atoms with Gasteiger partial charge in [-0.1, -0.05) is 54.3 Å². The van der Waals surface area contributed by atoms with Crippen LogP contribution >= 0.6 is 15.9 Å². The van der Waals surface area contributed by atoms with Crippen molar-refractivity contribution in [2.45, 2.75) is 93.7 Å². The molecule has 0 aliphatic carbocycles. The molecule has 38 heavy (non-hydrogen) atoms. The highest BCUT2D eigenvalue weighted by molar-refractivity contribution is 9.09. The Balaban J connectivity index is 1.88. The summed E-state index contributed by atoms with van der Waals surface area (Å²) >= 11 is 3.71. The van der Waals surface area contributed by atoms with E-state index in [1.165, 1.54) is 0 Å². The third-order valence-corrected chi connectivity index (χ3v) is 8.94. The summed E-state index contributed by atoms with van der Waals surface area (Å²) in [5.41, 5.74) is -1.06. The molecule has 6 atom stereocenters. The number of ether oxygens (including phenoxy) is 2. The van der Waals surface area contributed by atoms with E-state index < -0.39 is 35.6 Å². The van der Waals surface area contributed by atoms with Crippen molar-refractivity contribution in [2.24, 2.45) is 11.8 Å². The summed E-state index contributed by atoms with van der Waals surface area (Å²) in [6.07, 6.45) is 10.9. The molecule has 8 nitrogen and oxygen atoms in total. The van der Waals surface area contributed by atoms with Crippen LogP contribution in [0.3, 0.4) is 0 Å². The van der Waals surface area contributed by atoms with E-state index >= 15 is 0 Å². The molecule has 3 heterocycles. The molecule has 3 aliphatic heterocycles. The average Bonchev–Trinajstić information content (AvgIpc) is 3.49. The van der Waals surface area contributed by atoms with Gasteiger partial charge in [0.1, 0.15) is 11.6 Å². The number of likely N-dealkylation sites (tertiary alicyclic amines) is 1. The number of unbranched alkanes of at least 4 members (excludes halogenated alkanes) is 6. The third-order valence-electron chi connectivity index (χ3n) is 8.09. The Morgan fingerprint density at radius 1 is 1.18 bits per heavy atom. The van der Waals surface area contributed by atoms with Gasteiger partial charge >= 0.3 is 5.97 Å². The number of hydrogen-bond acceptors (Lipinski definition) is 6. The molecule has 0 saturated carbocycles. The quantitative estimate of drug-likeness (QED) is 0.111. The second-order valence-electron chi connectivity index (χ2n) is 10.7. The van der Waals surface area contributed by atoms with Crippen LogP contribution in [0.2, 0.25) is 0 Å². The number of aliphatic hydroxyl groups is 1. The predicted molar refractivity (Wildman–Crippen MR) is 150 cm³/mol. The molecular weight excluding hydrogens is 552 g/mol. The highest BCUT2D eigenvalue weighted by atomic mass is 79.9. The zero-order chi connectivity index (χ0) is 27.7. The van der Waals surface area contributed by atoms with Crippen LogP contribution in [-0.2, 0) is 23.9 Å². The first-order valence-corrected chi connectivity index (χ1v) is 15.2. The number of allylic oxidation sites excluding steroid dienone is 1. The van der Waals surface area contributed by atoms with Crippen LogP contribution in [0.4, 0.5) is 0 Å². The fourth-order valence-corrected chi connectivity index (χ4v) is 7.24. The number of halogens is 1. The van der Waals surface area contributed by atoms with Gasteiger partial charge in [0.25, 0.3) is 0 Å². The van der Waals surface area contributed by atoms with E-state index in [0.717, 1.165) is 44.9 Å². The van der Waals surface area contributed by atoms with Crippen molar-refractivity contribution >= 4 is 33.7 Å². The SMILES string of the molecule is C=CCCCCOC(=O)[C@H]1[C@@H]2OC3(CC2Br)C(C(=O)N(CC=C)CCCC)N(CCCCCCO)C(=O)[C@H]13. The minimum Gasteiger partial charge on any atom is -0.465 e. The summed E-state index contributed by atoms with van der Waals surface area (Å²) in [7, 11) is 0. The van der Waals surface area contributed by atoms with Crippen molar-refractivity contribution in [3.8, 4) is 0 Å². The summed E-state index contributed by atoms with van der Waals surface area (Å²) < 4.78 is 12.2. The molecule has 3 rings (SSSR count). The van der Waals surface area contributed by atoms with Crippen molar-refractivity contribution in [3.05, 3.63) is 25.3 Å². The summed E-state index contributed by atoms with van der Waals surface area (Å²) in [6.45, 7) is 11.5. The highest BCUT2D eigenvalue weighted by Gasteiger charge is 2.77. The molecule has 0 radical (unpaired) electrons. The van der Waals surface area contributed by atoms with Crippen LogP contribution in [0.1, 0.15) is 71.1 Å². The molecule has 0 aromatic heterocycles. The smallest absolute Gasteiger partial charge is 0.312 e. The van der Waals surface area contributed by atoms with Crippen molar-refractivity contribution in [1.82, 2.24) is 9.80 Å². The fraction of sp³-hybridized carbons (Fsp3) is 0.759. The number of amides is 2. The van der Waals surface area contributed by atoms with Crippen LogP contribution in [-0.4, -0.2) is 88.1 Å². The molecule has 1 spiro atoms. The van der Waals surface area contributed by atoms with E-state index in [1.54, 1.807) is 15.9 Å². The first-order chi connectivity index (χ1) is 18.4. The van der Waals surface area contributed by atoms with E-state index in [2.05, 4.69) is 36.0 Å². The zero-order valence-corrected chi connectivity index (χ0v) is 24.4. The normalized spacial score (nSPS) is 29.4. The van der Waals surface area contributed by atoms with Crippen molar-refractivity contribution in [1.29, 1.82) is 0 Å². The predicted octanol–water partition coefficient (Wildman–Crippen LogP) is 4.00. The number of esters is 1. The Labute approximate surface area is 235 Å². The molecule has 0 aromatic rings. The minimum atomic E-state index is -1.06. The van der Waals surface area contributed by atoms with Gasteiger partial charge in [-0.05, 0) is 44.9 Å². The fourth-order valence-electron chi connectivity index (χ4n) is 6.30. The van der Waals surface area contributed by atoms with E-state index in [-0.39, 0.29) is 29.9 Å². The monoisotopic (exact) mass is 596 g/mol. The lowest BCUT2D eigenvalue weighted by atomic mass is 9.70. The molecule has 9 heteroatoms. The first-order valence-electron chi connectivity index (χ1n) is 14.3. The van der Waals surface area contributed by atoms with Crippen LogP contribution in [0.25, 0.3) is 0 Å². The Kier molecular flexibility index (Phi) is 11.9. The zero-order valence-electron chi connectivity index (χ0n) is 22.8. The average molecular weight is 598 g/mol. The summed E-state index contributed by atoms with van der Waals surface area (Å²) in [5, 5.41) is 9.11. The van der Waals surface area contributed by atoms with Gasteiger partial charge in [0.15, 0.2) is 0 Å². The molecule has 3 aliphatic rings. The molecule has 214 valence electrons. The second kappa shape index (κ2) is 14.6. The third kappa shape index (κ3) is 6.36. The van der Waals surface area contributed by atoms with Crippen molar-refractivity contribution in [3.63, 3.8) is 0 Å². The second-order valence-corrected chi connectivity index (χ2v) is 11.9. The van der Waals surface area contributed by atoms with Gasteiger partial charge in [0.05, 0.1) is 24.5 Å². The maximum absolute atomic E-state index is 14.1. The van der Waals surface area contributed by atoms with Crippen LogP contribution in [0, 0.1) is 11.8 Å². The highest BCUT2D eigenvalue weighted by Crippen LogP contribution is 2.60. The Morgan fingerprint density at radius 3 is 2.63 bits per heavy atom. The Hall–Kier alpha value is -1.71. The van der Waals surface area contributed by atoms with Crippen molar-refractivity contribution in [2.75, 3.05) is 32.8 Å². The lowest BCUT2D eigenvalue weighted by molar-refractivity contribution is -0.155. The molecule has 2 amide bonds. The van der Waals surface area contributed by atoms with Gasteiger partial charge in [-0.25, -0.2) is 0 Å². The number of alkyl halides is 1. The van der Waals surface area contributed by atoms with Gasteiger partial charge in [-0.15, -0.1) is 13.2 Å². The number of rotatable bonds is 18. The maximum Gasteiger partial charge on any atom is 0.312 e. The number of carbonyl (C=O) groups excluding carboxylic acids is 3. The van der Waals surface area contributed by atoms with Gasteiger partial charge in [-0.2, -0.15) is 0 Å². The number of aliphatic hydroxyl groups excluding tert-OH is 1. The lowest BCUT2D eigenvalue weighted by Crippen LogP contribution is -2.57. The van der Waals surface area contributed by atoms with Crippen molar-refractivity contribution < 1.29 is 29.0 Å². The summed E-state index contributed by atoms with van der Waals surface area (Å²) in [4.78, 5) is 44.8. The lowest BCUT2D eigenvalue weighted by Gasteiger charge is -2.37. The number of fused-ring (bicyclic) bond motifs is 1. The number of carbonyl (C=O) groups is 3. The Morgan fingerprint density at radius 2 is 1.95 bits per heavy atom. The minimum absolute atomic E-state index is 0.136. The van der Waals surface area contributed by atoms with Gasteiger partial charge in [-0.3, -0.25) is 14.4 Å². The molecule has 3 fully saturated rings. The van der Waals surface area contributed by atoms with E-state index in [0.29, 0.717) is 38.9 Å². The summed E-state index contributed by atoms with van der Waals surface area (Å²) in [6, 6.07) is -0.787. The van der Waals surface area contributed by atoms with Crippen LogP contribution < -0.4 is 0 Å². The maximum atomic E-state index is 14.1. The van der Waals surface area contributed by atoms with E-state index in [1.807, 2.05) is 6.08 Å². The first kappa shape index (κ1) is 30.8. The number of nitrogens with zero attached hydrogens (tertiary/aromatic N) is 2. The van der Waals surface area contributed by atoms with Gasteiger partial charge in [0.2, 0.25) is 11.8 Å². The van der Waals surface area contributed by atoms with E-state index in [9.17, 15) is 14.4 Å². The topological polar surface area (TPSA) is 96.4 Å². The molecule has 0 aromatic carbocycles. The van der Waals surface area contributed by atoms with Crippen LogP contribution in [0.15, 0.2) is 25.3 Å². The molecule has 3 saturated heterocycles. The molecule has 3 unspecified atom stereocenters. The standard InChI is InChI=1S/C29H45BrN2O6/c1-4-7-9-14-19-37-28(36)22-23-26(34)32(17-12-10-11-13-18-33)25(29(23)20-21(30)24(22)38-29)27(35)31(15-6-3)16-8-5-2/h4,6,21-25,33H,1,3,5,7-20H2,2H3/t21?,22-,23+,24-,25?,29?/m1/s1. The van der Waals surface area contributed by atoms with E-state index in [4.69, 9.17) is 14.6 Å². The van der Waals surface area contributed by atoms with Crippen LogP contribution in [0.5, 0.6) is 0 Å². The van der Waals surface area contributed by atoms with Gasteiger partial charge < -0.3 is 24.4 Å².